The summed E-state index contributed by atoms with van der Waals surface area (Å²) in [5.41, 5.74) is 2.13. The maximum Gasteiger partial charge on any atom is 0.274 e. The van der Waals surface area contributed by atoms with E-state index in [1.54, 1.807) is 12.3 Å². The average Bonchev–Trinajstić information content (AvgIpc) is 2.63. The van der Waals surface area contributed by atoms with Gasteiger partial charge in [0.15, 0.2) is 0 Å². The molecule has 24 heavy (non-hydrogen) atoms. The van der Waals surface area contributed by atoms with Crippen molar-refractivity contribution >= 4 is 33.5 Å². The monoisotopic (exact) mass is 382 g/mol. The molecule has 0 bridgehead atoms. The molecule has 6 heteroatoms. The van der Waals surface area contributed by atoms with Crippen LogP contribution >= 0.6 is 15.9 Å². The number of carbonyl (C=O) groups excluding carboxylic acids is 1. The van der Waals surface area contributed by atoms with Crippen LogP contribution in [0.5, 0.6) is 0 Å². The third-order valence-electron chi connectivity index (χ3n) is 3.28. The second-order valence-corrected chi connectivity index (χ2v) is 5.98. The molecule has 120 valence electrons. The molecule has 1 heterocycles. The highest BCUT2D eigenvalue weighted by atomic mass is 79.9. The zero-order valence-corrected chi connectivity index (χ0v) is 14.3. The van der Waals surface area contributed by atoms with Gasteiger partial charge < -0.3 is 10.6 Å². The Bertz CT molecular complexity index is 822. The van der Waals surface area contributed by atoms with E-state index in [9.17, 15) is 4.79 Å². The highest BCUT2D eigenvalue weighted by Crippen LogP contribution is 2.15. The molecule has 0 radical (unpaired) electrons. The van der Waals surface area contributed by atoms with Crippen molar-refractivity contribution in [1.29, 1.82) is 0 Å². The zero-order valence-electron chi connectivity index (χ0n) is 12.7. The molecule has 0 aliphatic carbocycles. The Kier molecular flexibility index (Phi) is 5.18. The second-order valence-electron chi connectivity index (χ2n) is 5.07. The largest absolute Gasteiger partial charge is 0.350 e. The van der Waals surface area contributed by atoms with Gasteiger partial charge in [-0.15, -0.1) is 0 Å². The van der Waals surface area contributed by atoms with Gasteiger partial charge in [0.1, 0.15) is 5.69 Å². The smallest absolute Gasteiger partial charge is 0.274 e. The van der Waals surface area contributed by atoms with Gasteiger partial charge in [-0.25, -0.2) is 9.97 Å². The van der Waals surface area contributed by atoms with Gasteiger partial charge in [0.25, 0.3) is 5.91 Å². The van der Waals surface area contributed by atoms with E-state index in [0.717, 1.165) is 10.0 Å². The van der Waals surface area contributed by atoms with Gasteiger partial charge in [-0.05, 0) is 35.9 Å². The molecule has 0 saturated heterocycles. The van der Waals surface area contributed by atoms with Gasteiger partial charge in [0.05, 0.1) is 0 Å². The molecule has 0 spiro atoms. The van der Waals surface area contributed by atoms with Crippen molar-refractivity contribution in [3.8, 4) is 0 Å². The molecule has 2 aromatic carbocycles. The standard InChI is InChI=1S/C18H15BrN4O/c19-14-6-8-15(9-7-14)22-17(24)16-10-11-20-18(23-16)21-12-13-4-2-1-3-5-13/h1-11H,12H2,(H,22,24)(H,20,21,23). The van der Waals surface area contributed by atoms with E-state index in [4.69, 9.17) is 0 Å². The van der Waals surface area contributed by atoms with Gasteiger partial charge in [0.2, 0.25) is 5.95 Å². The molecule has 1 aromatic heterocycles. The first-order chi connectivity index (χ1) is 11.7. The molecule has 1 amide bonds. The summed E-state index contributed by atoms with van der Waals surface area (Å²) in [6, 6.07) is 18.9. The summed E-state index contributed by atoms with van der Waals surface area (Å²) in [5, 5.41) is 5.93. The quantitative estimate of drug-likeness (QED) is 0.696. The van der Waals surface area contributed by atoms with E-state index in [2.05, 4.69) is 36.5 Å². The van der Waals surface area contributed by atoms with Crippen LogP contribution in [0.25, 0.3) is 0 Å². The summed E-state index contributed by atoms with van der Waals surface area (Å²) in [5.74, 6) is 0.143. The molecule has 0 aliphatic rings. The summed E-state index contributed by atoms with van der Waals surface area (Å²) in [4.78, 5) is 20.7. The number of carbonyl (C=O) groups is 1. The number of nitrogens with one attached hydrogen (secondary N) is 2. The highest BCUT2D eigenvalue weighted by Gasteiger charge is 2.09. The van der Waals surface area contributed by atoms with Crippen molar-refractivity contribution in [3.05, 3.63) is 82.6 Å². The lowest BCUT2D eigenvalue weighted by Gasteiger charge is -2.07. The number of halogens is 1. The van der Waals surface area contributed by atoms with Crippen LogP contribution in [0, 0.1) is 0 Å². The number of rotatable bonds is 5. The van der Waals surface area contributed by atoms with Crippen LogP contribution in [-0.4, -0.2) is 15.9 Å². The zero-order chi connectivity index (χ0) is 16.8. The molecule has 0 atom stereocenters. The van der Waals surface area contributed by atoms with Crippen LogP contribution in [0.15, 0.2) is 71.3 Å². The van der Waals surface area contributed by atoms with E-state index in [1.807, 2.05) is 54.6 Å². The van der Waals surface area contributed by atoms with Crippen LogP contribution in [-0.2, 0) is 6.54 Å². The summed E-state index contributed by atoms with van der Waals surface area (Å²) < 4.78 is 0.954. The topological polar surface area (TPSA) is 66.9 Å². The number of hydrogen-bond donors (Lipinski definition) is 2. The Morgan fingerprint density at radius 2 is 1.75 bits per heavy atom. The van der Waals surface area contributed by atoms with Crippen LogP contribution in [0.1, 0.15) is 16.1 Å². The summed E-state index contributed by atoms with van der Waals surface area (Å²) in [6.07, 6.45) is 1.57. The van der Waals surface area contributed by atoms with Crippen LogP contribution in [0.4, 0.5) is 11.6 Å². The number of aromatic nitrogens is 2. The van der Waals surface area contributed by atoms with Gasteiger partial charge in [-0.2, -0.15) is 0 Å². The van der Waals surface area contributed by atoms with E-state index in [-0.39, 0.29) is 5.91 Å². The van der Waals surface area contributed by atoms with Crippen molar-refractivity contribution in [2.45, 2.75) is 6.54 Å². The maximum atomic E-state index is 12.3. The fourth-order valence-electron chi connectivity index (χ4n) is 2.08. The summed E-state index contributed by atoms with van der Waals surface area (Å²) in [7, 11) is 0. The van der Waals surface area contributed by atoms with Crippen molar-refractivity contribution in [2.75, 3.05) is 10.6 Å². The van der Waals surface area contributed by atoms with E-state index in [0.29, 0.717) is 23.9 Å². The molecular formula is C18H15BrN4O. The third-order valence-corrected chi connectivity index (χ3v) is 3.81. The fourth-order valence-corrected chi connectivity index (χ4v) is 2.34. The Morgan fingerprint density at radius 3 is 2.50 bits per heavy atom. The van der Waals surface area contributed by atoms with Crippen molar-refractivity contribution < 1.29 is 4.79 Å². The normalized spacial score (nSPS) is 10.2. The molecule has 3 rings (SSSR count). The molecule has 0 unspecified atom stereocenters. The van der Waals surface area contributed by atoms with Crippen LogP contribution in [0.2, 0.25) is 0 Å². The number of anilines is 2. The van der Waals surface area contributed by atoms with E-state index >= 15 is 0 Å². The van der Waals surface area contributed by atoms with Crippen molar-refractivity contribution in [3.63, 3.8) is 0 Å². The number of nitrogens with zero attached hydrogens (tertiary/aromatic N) is 2. The van der Waals surface area contributed by atoms with Crippen LogP contribution < -0.4 is 10.6 Å². The van der Waals surface area contributed by atoms with Crippen molar-refractivity contribution in [1.82, 2.24) is 9.97 Å². The Hall–Kier alpha value is -2.73. The molecule has 0 saturated carbocycles. The molecule has 3 aromatic rings. The first kappa shape index (κ1) is 16.1. The van der Waals surface area contributed by atoms with Crippen LogP contribution in [0.3, 0.4) is 0 Å². The third kappa shape index (κ3) is 4.39. The molecule has 2 N–H and O–H groups in total. The lowest BCUT2D eigenvalue weighted by atomic mass is 10.2. The summed E-state index contributed by atoms with van der Waals surface area (Å²) in [6.45, 7) is 0.596. The minimum absolute atomic E-state index is 0.275. The highest BCUT2D eigenvalue weighted by molar-refractivity contribution is 9.10. The lowest BCUT2D eigenvalue weighted by Crippen LogP contribution is -2.15. The molecular weight excluding hydrogens is 368 g/mol. The molecule has 0 aliphatic heterocycles. The number of amides is 1. The van der Waals surface area contributed by atoms with Gasteiger partial charge in [-0.3, -0.25) is 4.79 Å². The van der Waals surface area contributed by atoms with Gasteiger partial charge in [0, 0.05) is 22.9 Å². The van der Waals surface area contributed by atoms with E-state index in [1.165, 1.54) is 0 Å². The second kappa shape index (κ2) is 7.70. The average molecular weight is 383 g/mol. The Labute approximate surface area is 148 Å². The molecule has 0 fully saturated rings. The number of hydrogen-bond acceptors (Lipinski definition) is 4. The predicted molar refractivity (Wildman–Crippen MR) is 97.9 cm³/mol. The fraction of sp³-hybridized carbons (Fsp3) is 0.0556. The number of benzene rings is 2. The minimum Gasteiger partial charge on any atom is -0.350 e. The minimum atomic E-state index is -0.275. The van der Waals surface area contributed by atoms with Crippen molar-refractivity contribution in [2.24, 2.45) is 0 Å². The first-order valence-corrected chi connectivity index (χ1v) is 8.18. The van der Waals surface area contributed by atoms with Gasteiger partial charge in [-0.1, -0.05) is 46.3 Å². The lowest BCUT2D eigenvalue weighted by molar-refractivity contribution is 0.102. The molecule has 5 nitrogen and oxygen atoms in total. The Balaban J connectivity index is 1.65. The summed E-state index contributed by atoms with van der Waals surface area (Å²) >= 11 is 3.36. The van der Waals surface area contributed by atoms with Gasteiger partial charge >= 0.3 is 0 Å². The first-order valence-electron chi connectivity index (χ1n) is 7.38. The Morgan fingerprint density at radius 1 is 1.00 bits per heavy atom. The SMILES string of the molecule is O=C(Nc1ccc(Br)cc1)c1ccnc(NCc2ccccc2)n1. The van der Waals surface area contributed by atoms with E-state index < -0.39 is 0 Å². The predicted octanol–water partition coefficient (Wildman–Crippen LogP) is 4.10. The maximum absolute atomic E-state index is 12.3.